The maximum Gasteiger partial charge on any atom is 0.222 e. The van der Waals surface area contributed by atoms with Crippen molar-refractivity contribution in [2.45, 2.75) is 44.6 Å². The average Bonchev–Trinajstić information content (AvgIpc) is 2.73. The number of carbonyl (C=O) groups excluding carboxylic acids is 1. The molecule has 0 radical (unpaired) electrons. The summed E-state index contributed by atoms with van der Waals surface area (Å²) in [6, 6.07) is 0.230. The van der Waals surface area contributed by atoms with Gasteiger partial charge in [0.1, 0.15) is 0 Å². The lowest BCUT2D eigenvalue weighted by atomic mass is 9.82. The summed E-state index contributed by atoms with van der Waals surface area (Å²) >= 11 is 0. The number of carbonyl (C=O) groups is 1. The predicted molar refractivity (Wildman–Crippen MR) is 84.1 cm³/mol. The van der Waals surface area contributed by atoms with Gasteiger partial charge in [0.25, 0.3) is 0 Å². The molecule has 0 aromatic heterocycles. The van der Waals surface area contributed by atoms with E-state index in [2.05, 4.69) is 4.90 Å². The van der Waals surface area contributed by atoms with Gasteiger partial charge in [-0.3, -0.25) is 9.69 Å². The van der Waals surface area contributed by atoms with E-state index in [1.54, 1.807) is 7.11 Å². The first-order valence-electron chi connectivity index (χ1n) is 8.45. The largest absolute Gasteiger partial charge is 0.383 e. The van der Waals surface area contributed by atoms with E-state index in [0.717, 1.165) is 58.6 Å². The molecule has 1 aliphatic heterocycles. The highest BCUT2D eigenvalue weighted by molar-refractivity contribution is 5.76. The van der Waals surface area contributed by atoms with Gasteiger partial charge in [0.15, 0.2) is 0 Å². The highest BCUT2D eigenvalue weighted by Gasteiger charge is 2.27. The lowest BCUT2D eigenvalue weighted by Crippen LogP contribution is -2.40. The molecule has 5 nitrogen and oxygen atoms in total. The molecule has 0 aromatic rings. The van der Waals surface area contributed by atoms with Crippen LogP contribution in [-0.2, 0) is 9.53 Å². The summed E-state index contributed by atoms with van der Waals surface area (Å²) in [4.78, 5) is 17.0. The van der Waals surface area contributed by atoms with Crippen molar-refractivity contribution < 1.29 is 9.53 Å². The molecule has 0 spiro atoms. The summed E-state index contributed by atoms with van der Waals surface area (Å²) in [5.41, 5.74) is 6.17. The van der Waals surface area contributed by atoms with Crippen LogP contribution in [0.15, 0.2) is 0 Å². The number of methoxy groups -OCH3 is 1. The molecule has 21 heavy (non-hydrogen) atoms. The molecular weight excluding hydrogens is 266 g/mol. The third-order valence-electron chi connectivity index (χ3n) is 4.96. The number of hydrogen-bond acceptors (Lipinski definition) is 4. The van der Waals surface area contributed by atoms with Crippen LogP contribution in [-0.4, -0.2) is 68.2 Å². The van der Waals surface area contributed by atoms with Gasteiger partial charge in [-0.05, 0) is 31.7 Å². The van der Waals surface area contributed by atoms with Crippen LogP contribution in [0.3, 0.4) is 0 Å². The zero-order chi connectivity index (χ0) is 15.1. The molecule has 1 aliphatic carbocycles. The van der Waals surface area contributed by atoms with Crippen LogP contribution in [0.4, 0.5) is 0 Å². The van der Waals surface area contributed by atoms with E-state index >= 15 is 0 Å². The van der Waals surface area contributed by atoms with E-state index in [1.165, 1.54) is 12.8 Å². The summed E-state index contributed by atoms with van der Waals surface area (Å²) in [6.45, 7) is 5.51. The summed E-state index contributed by atoms with van der Waals surface area (Å²) in [6.07, 6.45) is 6.38. The second-order valence-corrected chi connectivity index (χ2v) is 6.48. The molecule has 1 saturated heterocycles. The molecular formula is C16H31N3O2. The molecule has 2 fully saturated rings. The van der Waals surface area contributed by atoms with Crippen molar-refractivity contribution in [2.75, 3.05) is 46.4 Å². The third kappa shape index (κ3) is 5.24. The number of ether oxygens (including phenoxy) is 1. The van der Waals surface area contributed by atoms with E-state index in [1.807, 2.05) is 4.90 Å². The van der Waals surface area contributed by atoms with Crippen LogP contribution < -0.4 is 5.73 Å². The van der Waals surface area contributed by atoms with Crippen molar-refractivity contribution in [3.8, 4) is 0 Å². The lowest BCUT2D eigenvalue weighted by molar-refractivity contribution is -0.132. The first kappa shape index (κ1) is 16.7. The molecule has 1 heterocycles. The summed E-state index contributed by atoms with van der Waals surface area (Å²) in [5.74, 6) is 0.713. The third-order valence-corrected chi connectivity index (χ3v) is 4.96. The minimum absolute atomic E-state index is 0.230. The van der Waals surface area contributed by atoms with Gasteiger partial charge in [-0.2, -0.15) is 0 Å². The smallest absolute Gasteiger partial charge is 0.222 e. The van der Waals surface area contributed by atoms with Crippen molar-refractivity contribution in [1.82, 2.24) is 9.80 Å². The number of nitrogens with zero attached hydrogens (tertiary/aromatic N) is 2. The lowest BCUT2D eigenvalue weighted by Gasteiger charge is -2.30. The Bertz CT molecular complexity index is 325. The van der Waals surface area contributed by atoms with Gasteiger partial charge in [-0.15, -0.1) is 0 Å². The first-order valence-corrected chi connectivity index (χ1v) is 8.45. The van der Waals surface area contributed by atoms with Crippen molar-refractivity contribution in [3.63, 3.8) is 0 Å². The zero-order valence-corrected chi connectivity index (χ0v) is 13.4. The van der Waals surface area contributed by atoms with Crippen LogP contribution >= 0.6 is 0 Å². The Morgan fingerprint density at radius 3 is 2.71 bits per heavy atom. The Morgan fingerprint density at radius 1 is 1.14 bits per heavy atom. The average molecular weight is 297 g/mol. The Morgan fingerprint density at radius 2 is 1.95 bits per heavy atom. The van der Waals surface area contributed by atoms with E-state index in [-0.39, 0.29) is 6.04 Å². The molecule has 0 aromatic carbocycles. The minimum atomic E-state index is 0.230. The van der Waals surface area contributed by atoms with Crippen LogP contribution in [0.25, 0.3) is 0 Å². The van der Waals surface area contributed by atoms with Gasteiger partial charge in [0.2, 0.25) is 5.91 Å². The van der Waals surface area contributed by atoms with Crippen molar-refractivity contribution in [2.24, 2.45) is 11.7 Å². The Hall–Kier alpha value is -0.650. The number of amides is 1. The van der Waals surface area contributed by atoms with Crippen molar-refractivity contribution in [1.29, 1.82) is 0 Å². The zero-order valence-electron chi connectivity index (χ0n) is 13.4. The van der Waals surface area contributed by atoms with Crippen molar-refractivity contribution >= 4 is 5.91 Å². The minimum Gasteiger partial charge on any atom is -0.383 e. The second-order valence-electron chi connectivity index (χ2n) is 6.48. The van der Waals surface area contributed by atoms with E-state index in [9.17, 15) is 4.79 Å². The number of rotatable bonds is 5. The number of nitrogens with two attached hydrogens (primary N) is 1. The second kappa shape index (κ2) is 8.71. The molecule has 5 heteroatoms. The monoisotopic (exact) mass is 297 g/mol. The standard InChI is InChI=1S/C16H31N3O2/c1-21-12-11-18-7-4-8-19(10-9-18)16(20)13-14-5-2-3-6-15(14)17/h14-15H,2-13,17H2,1H3. The molecule has 2 rings (SSSR count). The fourth-order valence-corrected chi connectivity index (χ4v) is 3.51. The fourth-order valence-electron chi connectivity index (χ4n) is 3.51. The van der Waals surface area contributed by atoms with Crippen LogP contribution in [0.2, 0.25) is 0 Å². The predicted octanol–water partition coefficient (Wildman–Crippen LogP) is 1.07. The Balaban J connectivity index is 1.77. The Labute approximate surface area is 128 Å². The summed E-state index contributed by atoms with van der Waals surface area (Å²) in [5, 5.41) is 0. The van der Waals surface area contributed by atoms with Gasteiger partial charge >= 0.3 is 0 Å². The van der Waals surface area contributed by atoms with Gasteiger partial charge < -0.3 is 15.4 Å². The molecule has 1 amide bonds. The van der Waals surface area contributed by atoms with E-state index < -0.39 is 0 Å². The van der Waals surface area contributed by atoms with Gasteiger partial charge in [0, 0.05) is 45.8 Å². The normalized spacial score (nSPS) is 28.4. The molecule has 2 atom stereocenters. The molecule has 1 saturated carbocycles. The highest BCUT2D eigenvalue weighted by atomic mass is 16.5. The van der Waals surface area contributed by atoms with Crippen molar-refractivity contribution in [3.05, 3.63) is 0 Å². The van der Waals surface area contributed by atoms with Gasteiger partial charge in [0.05, 0.1) is 6.61 Å². The topological polar surface area (TPSA) is 58.8 Å². The highest BCUT2D eigenvalue weighted by Crippen LogP contribution is 2.26. The SMILES string of the molecule is COCCN1CCCN(C(=O)CC2CCCCC2N)CC1. The molecule has 2 N–H and O–H groups in total. The van der Waals surface area contributed by atoms with E-state index in [0.29, 0.717) is 18.2 Å². The number of hydrogen-bond donors (Lipinski definition) is 1. The summed E-state index contributed by atoms with van der Waals surface area (Å²) < 4.78 is 5.14. The van der Waals surface area contributed by atoms with Crippen LogP contribution in [0.1, 0.15) is 38.5 Å². The molecule has 0 bridgehead atoms. The van der Waals surface area contributed by atoms with Crippen LogP contribution in [0.5, 0.6) is 0 Å². The summed E-state index contributed by atoms with van der Waals surface area (Å²) in [7, 11) is 1.74. The Kier molecular flexibility index (Phi) is 6.93. The molecule has 2 unspecified atom stereocenters. The molecule has 122 valence electrons. The van der Waals surface area contributed by atoms with Gasteiger partial charge in [-0.25, -0.2) is 0 Å². The van der Waals surface area contributed by atoms with Gasteiger partial charge in [-0.1, -0.05) is 12.8 Å². The molecule has 2 aliphatic rings. The van der Waals surface area contributed by atoms with Crippen LogP contribution in [0, 0.1) is 5.92 Å². The maximum absolute atomic E-state index is 12.5. The quantitative estimate of drug-likeness (QED) is 0.825. The maximum atomic E-state index is 12.5. The van der Waals surface area contributed by atoms with E-state index in [4.69, 9.17) is 10.5 Å². The fraction of sp³-hybridized carbons (Fsp3) is 0.938. The first-order chi connectivity index (χ1) is 10.2.